The van der Waals surface area contributed by atoms with E-state index in [1.165, 1.54) is 5.56 Å². The Morgan fingerprint density at radius 2 is 1.89 bits per heavy atom. The van der Waals surface area contributed by atoms with Gasteiger partial charge in [-0.25, -0.2) is 0 Å². The van der Waals surface area contributed by atoms with Crippen LogP contribution in [-0.4, -0.2) is 12.6 Å². The zero-order valence-corrected chi connectivity index (χ0v) is 13.5. The van der Waals surface area contributed by atoms with Gasteiger partial charge in [-0.05, 0) is 29.7 Å². The lowest BCUT2D eigenvalue weighted by atomic mass is 9.89. The van der Waals surface area contributed by atoms with Crippen molar-refractivity contribution in [1.82, 2.24) is 0 Å². The molecule has 2 N–H and O–H groups in total. The molecule has 0 aromatic heterocycles. The number of halogens is 1. The zero-order valence-electron chi connectivity index (χ0n) is 12.0. The molecule has 1 unspecified atom stereocenters. The summed E-state index contributed by atoms with van der Waals surface area (Å²) in [5, 5.41) is 0. The van der Waals surface area contributed by atoms with Crippen molar-refractivity contribution in [3.63, 3.8) is 0 Å². The van der Waals surface area contributed by atoms with Crippen LogP contribution < -0.4 is 10.5 Å². The van der Waals surface area contributed by atoms with E-state index < -0.39 is 0 Å². The Balaban J connectivity index is 3.03. The van der Waals surface area contributed by atoms with Gasteiger partial charge < -0.3 is 10.5 Å². The average molecular weight is 314 g/mol. The van der Waals surface area contributed by atoms with Crippen LogP contribution in [0.4, 0.5) is 0 Å². The van der Waals surface area contributed by atoms with Crippen molar-refractivity contribution in [2.45, 2.75) is 46.6 Å². The fourth-order valence-corrected chi connectivity index (χ4v) is 2.19. The van der Waals surface area contributed by atoms with Crippen LogP contribution in [0, 0.1) is 5.41 Å². The topological polar surface area (TPSA) is 35.2 Å². The van der Waals surface area contributed by atoms with Gasteiger partial charge in [-0.1, -0.05) is 50.5 Å². The minimum atomic E-state index is 0.0242. The summed E-state index contributed by atoms with van der Waals surface area (Å²) in [6.07, 6.45) is 0.0242. The molecule has 0 amide bonds. The highest BCUT2D eigenvalue weighted by Crippen LogP contribution is 2.32. The fraction of sp³-hybridized carbons (Fsp3) is 0.600. The van der Waals surface area contributed by atoms with E-state index in [1.807, 2.05) is 12.1 Å². The lowest BCUT2D eigenvalue weighted by Crippen LogP contribution is -2.39. The van der Waals surface area contributed by atoms with E-state index in [2.05, 4.69) is 56.6 Å². The second kappa shape index (κ2) is 6.07. The van der Waals surface area contributed by atoms with Crippen molar-refractivity contribution >= 4 is 15.9 Å². The van der Waals surface area contributed by atoms with Crippen LogP contribution in [0.3, 0.4) is 0 Å². The van der Waals surface area contributed by atoms with Crippen LogP contribution in [0.2, 0.25) is 0 Å². The third-order valence-corrected chi connectivity index (χ3v) is 3.54. The predicted molar refractivity (Wildman–Crippen MR) is 81.2 cm³/mol. The molecule has 0 fully saturated rings. The molecule has 0 saturated heterocycles. The van der Waals surface area contributed by atoms with Gasteiger partial charge in [-0.3, -0.25) is 0 Å². The van der Waals surface area contributed by atoms with E-state index in [0.717, 1.165) is 10.2 Å². The average Bonchev–Trinajstić information content (AvgIpc) is 2.25. The molecule has 102 valence electrons. The highest BCUT2D eigenvalue weighted by molar-refractivity contribution is 9.10. The first-order chi connectivity index (χ1) is 8.25. The molecule has 0 spiro atoms. The predicted octanol–water partition coefficient (Wildman–Crippen LogP) is 4.32. The fourth-order valence-electron chi connectivity index (χ4n) is 1.81. The SMILES string of the molecule is CC(C)c1cc(Br)ccc1OC(CN)C(C)(C)C. The first kappa shape index (κ1) is 15.5. The van der Waals surface area contributed by atoms with Gasteiger partial charge in [-0.2, -0.15) is 0 Å². The van der Waals surface area contributed by atoms with Gasteiger partial charge in [0.1, 0.15) is 11.9 Å². The van der Waals surface area contributed by atoms with Gasteiger partial charge in [-0.15, -0.1) is 0 Å². The Morgan fingerprint density at radius 1 is 1.28 bits per heavy atom. The van der Waals surface area contributed by atoms with Gasteiger partial charge >= 0.3 is 0 Å². The van der Waals surface area contributed by atoms with Crippen LogP contribution in [0.5, 0.6) is 5.75 Å². The third kappa shape index (κ3) is 3.99. The molecule has 1 aromatic carbocycles. The summed E-state index contributed by atoms with van der Waals surface area (Å²) in [4.78, 5) is 0. The summed E-state index contributed by atoms with van der Waals surface area (Å²) in [7, 11) is 0. The Kier molecular flexibility index (Phi) is 5.23. The Hall–Kier alpha value is -0.540. The van der Waals surface area contributed by atoms with Crippen LogP contribution >= 0.6 is 15.9 Å². The lowest BCUT2D eigenvalue weighted by molar-refractivity contribution is 0.0928. The minimum Gasteiger partial charge on any atom is -0.488 e. The zero-order chi connectivity index (χ0) is 13.9. The van der Waals surface area contributed by atoms with E-state index in [4.69, 9.17) is 10.5 Å². The normalized spacial score (nSPS) is 13.8. The number of hydrogen-bond acceptors (Lipinski definition) is 2. The van der Waals surface area contributed by atoms with Crippen molar-refractivity contribution in [3.8, 4) is 5.75 Å². The van der Waals surface area contributed by atoms with Crippen molar-refractivity contribution in [2.75, 3.05) is 6.54 Å². The van der Waals surface area contributed by atoms with Crippen LogP contribution in [0.15, 0.2) is 22.7 Å². The molecule has 1 aromatic rings. The number of benzene rings is 1. The lowest BCUT2D eigenvalue weighted by Gasteiger charge is -2.31. The van der Waals surface area contributed by atoms with E-state index in [0.29, 0.717) is 12.5 Å². The van der Waals surface area contributed by atoms with E-state index >= 15 is 0 Å². The van der Waals surface area contributed by atoms with Gasteiger partial charge in [0.15, 0.2) is 0 Å². The maximum Gasteiger partial charge on any atom is 0.123 e. The summed E-state index contributed by atoms with van der Waals surface area (Å²) in [6, 6.07) is 6.15. The Bertz CT molecular complexity index is 396. The number of hydrogen-bond donors (Lipinski definition) is 1. The molecule has 0 aliphatic carbocycles. The van der Waals surface area contributed by atoms with Crippen molar-refractivity contribution in [3.05, 3.63) is 28.2 Å². The summed E-state index contributed by atoms with van der Waals surface area (Å²) >= 11 is 3.51. The van der Waals surface area contributed by atoms with Gasteiger partial charge in [0.25, 0.3) is 0 Å². The minimum absolute atomic E-state index is 0.0242. The van der Waals surface area contributed by atoms with Crippen LogP contribution in [-0.2, 0) is 0 Å². The molecule has 3 heteroatoms. The van der Waals surface area contributed by atoms with E-state index in [9.17, 15) is 0 Å². The van der Waals surface area contributed by atoms with E-state index in [-0.39, 0.29) is 11.5 Å². The number of rotatable bonds is 4. The Labute approximate surface area is 119 Å². The number of nitrogens with two attached hydrogens (primary N) is 1. The molecule has 1 rings (SSSR count). The molecule has 0 saturated carbocycles. The Morgan fingerprint density at radius 3 is 2.33 bits per heavy atom. The molecule has 0 bridgehead atoms. The van der Waals surface area contributed by atoms with Crippen LogP contribution in [0.25, 0.3) is 0 Å². The highest BCUT2D eigenvalue weighted by atomic mass is 79.9. The monoisotopic (exact) mass is 313 g/mol. The molecule has 0 heterocycles. The summed E-state index contributed by atoms with van der Waals surface area (Å²) in [5.74, 6) is 1.37. The largest absolute Gasteiger partial charge is 0.488 e. The first-order valence-electron chi connectivity index (χ1n) is 6.42. The third-order valence-electron chi connectivity index (χ3n) is 3.04. The van der Waals surface area contributed by atoms with Gasteiger partial charge in [0.2, 0.25) is 0 Å². The smallest absolute Gasteiger partial charge is 0.123 e. The van der Waals surface area contributed by atoms with E-state index in [1.54, 1.807) is 0 Å². The standard InChI is InChI=1S/C15H24BrNO/c1-10(2)12-8-11(16)6-7-13(12)18-14(9-17)15(3,4)5/h6-8,10,14H,9,17H2,1-5H3. The molecule has 0 aliphatic rings. The molecular formula is C15H24BrNO. The molecule has 0 radical (unpaired) electrons. The molecule has 18 heavy (non-hydrogen) atoms. The summed E-state index contributed by atoms with van der Waals surface area (Å²) < 4.78 is 7.21. The van der Waals surface area contributed by atoms with Crippen molar-refractivity contribution < 1.29 is 4.74 Å². The highest BCUT2D eigenvalue weighted by Gasteiger charge is 2.26. The molecule has 0 aliphatic heterocycles. The summed E-state index contributed by atoms with van der Waals surface area (Å²) in [5.41, 5.74) is 7.08. The van der Waals surface area contributed by atoms with Crippen molar-refractivity contribution in [1.29, 1.82) is 0 Å². The van der Waals surface area contributed by atoms with Gasteiger partial charge in [0, 0.05) is 16.4 Å². The summed E-state index contributed by atoms with van der Waals surface area (Å²) in [6.45, 7) is 11.3. The molecular weight excluding hydrogens is 290 g/mol. The first-order valence-corrected chi connectivity index (χ1v) is 7.21. The maximum absolute atomic E-state index is 6.13. The molecule has 2 nitrogen and oxygen atoms in total. The number of ether oxygens (including phenoxy) is 1. The quantitative estimate of drug-likeness (QED) is 0.898. The van der Waals surface area contributed by atoms with Crippen molar-refractivity contribution in [2.24, 2.45) is 11.1 Å². The van der Waals surface area contributed by atoms with Gasteiger partial charge in [0.05, 0.1) is 0 Å². The second-order valence-corrected chi connectivity index (χ2v) is 6.96. The maximum atomic E-state index is 6.13. The van der Waals surface area contributed by atoms with Crippen LogP contribution in [0.1, 0.15) is 46.1 Å². The second-order valence-electron chi connectivity index (χ2n) is 6.05. The molecule has 1 atom stereocenters.